The predicted octanol–water partition coefficient (Wildman–Crippen LogP) is 3.78. The Morgan fingerprint density at radius 1 is 1.35 bits per heavy atom. The largest absolute Gasteiger partial charge is 0.444 e. The van der Waals surface area contributed by atoms with Crippen LogP contribution in [-0.2, 0) is 9.53 Å². The van der Waals surface area contributed by atoms with Gasteiger partial charge in [0.1, 0.15) is 11.4 Å². The van der Waals surface area contributed by atoms with E-state index in [0.717, 1.165) is 6.42 Å². The van der Waals surface area contributed by atoms with Crippen LogP contribution < -0.4 is 0 Å². The summed E-state index contributed by atoms with van der Waals surface area (Å²) in [6.45, 7) is 6.57. The summed E-state index contributed by atoms with van der Waals surface area (Å²) >= 11 is 1.34. The molecule has 7 heteroatoms. The molecule has 1 aromatic rings. The highest BCUT2D eigenvalue weighted by atomic mass is 32.2. The molecule has 1 heterocycles. The van der Waals surface area contributed by atoms with E-state index in [1.165, 1.54) is 17.8 Å². The third kappa shape index (κ3) is 5.90. The summed E-state index contributed by atoms with van der Waals surface area (Å²) in [7, 11) is 1.76. The van der Waals surface area contributed by atoms with Crippen LogP contribution in [0, 0.1) is 5.82 Å². The molecule has 1 aromatic carbocycles. The van der Waals surface area contributed by atoms with Crippen LogP contribution in [0.2, 0.25) is 0 Å². The van der Waals surface area contributed by atoms with E-state index in [0.29, 0.717) is 30.2 Å². The zero-order chi connectivity index (χ0) is 19.3. The van der Waals surface area contributed by atoms with Crippen LogP contribution >= 0.6 is 11.8 Å². The lowest BCUT2D eigenvalue weighted by Gasteiger charge is -2.26. The standard InChI is InChI=1S/C19H27FN2O3S/c1-19(2,3)25-18(24)22-11-9-14(13-22)21(4)17(23)10-12-26-16-8-6-5-7-15(16)20/h5-8,14H,9-13H2,1-4H3/t14-/m0/s1. The number of likely N-dealkylation sites (N-methyl/N-ethyl adjacent to an activating group) is 1. The lowest BCUT2D eigenvalue weighted by molar-refractivity contribution is -0.131. The second-order valence-electron chi connectivity index (χ2n) is 7.40. The molecule has 0 spiro atoms. The zero-order valence-corrected chi connectivity index (χ0v) is 16.6. The van der Waals surface area contributed by atoms with E-state index in [4.69, 9.17) is 4.74 Å². The van der Waals surface area contributed by atoms with Crippen molar-refractivity contribution in [3.8, 4) is 0 Å². The van der Waals surface area contributed by atoms with E-state index >= 15 is 0 Å². The van der Waals surface area contributed by atoms with Crippen molar-refractivity contribution in [2.75, 3.05) is 25.9 Å². The van der Waals surface area contributed by atoms with Gasteiger partial charge in [0.05, 0.1) is 6.04 Å². The molecule has 0 unspecified atom stereocenters. The van der Waals surface area contributed by atoms with Gasteiger partial charge in [-0.3, -0.25) is 4.79 Å². The molecule has 0 aliphatic carbocycles. The van der Waals surface area contributed by atoms with Crippen molar-refractivity contribution in [1.29, 1.82) is 0 Å². The fraction of sp³-hybridized carbons (Fsp3) is 0.579. The molecule has 1 aliphatic heterocycles. The molecular weight excluding hydrogens is 355 g/mol. The lowest BCUT2D eigenvalue weighted by atomic mass is 10.2. The highest BCUT2D eigenvalue weighted by molar-refractivity contribution is 7.99. The van der Waals surface area contributed by atoms with Crippen molar-refractivity contribution in [2.24, 2.45) is 0 Å². The molecule has 5 nitrogen and oxygen atoms in total. The van der Waals surface area contributed by atoms with Crippen LogP contribution in [0.3, 0.4) is 0 Å². The van der Waals surface area contributed by atoms with Crippen molar-refractivity contribution < 1.29 is 18.7 Å². The monoisotopic (exact) mass is 382 g/mol. The number of halogens is 1. The van der Waals surface area contributed by atoms with Gasteiger partial charge in [-0.15, -0.1) is 11.8 Å². The van der Waals surface area contributed by atoms with E-state index in [1.807, 2.05) is 20.8 Å². The number of ether oxygens (including phenoxy) is 1. The average Bonchev–Trinajstić information content (AvgIpc) is 3.04. The van der Waals surface area contributed by atoms with Crippen molar-refractivity contribution in [1.82, 2.24) is 9.80 Å². The van der Waals surface area contributed by atoms with Gasteiger partial charge in [0, 0.05) is 37.2 Å². The van der Waals surface area contributed by atoms with E-state index in [9.17, 15) is 14.0 Å². The fourth-order valence-corrected chi connectivity index (χ4v) is 3.62. The van der Waals surface area contributed by atoms with Crippen molar-refractivity contribution >= 4 is 23.8 Å². The number of carbonyl (C=O) groups is 2. The third-order valence-corrected chi connectivity index (χ3v) is 5.22. The molecular formula is C19H27FN2O3S. The molecule has 144 valence electrons. The summed E-state index contributed by atoms with van der Waals surface area (Å²) in [6.07, 6.45) is 0.733. The first-order chi connectivity index (χ1) is 12.2. The molecule has 1 atom stereocenters. The minimum absolute atomic E-state index is 0.00452. The Bertz CT molecular complexity index is 648. The smallest absolute Gasteiger partial charge is 0.410 e. The van der Waals surface area contributed by atoms with Gasteiger partial charge in [-0.25, -0.2) is 9.18 Å². The van der Waals surface area contributed by atoms with Gasteiger partial charge in [0.25, 0.3) is 0 Å². The van der Waals surface area contributed by atoms with Gasteiger partial charge in [-0.2, -0.15) is 0 Å². The number of hydrogen-bond donors (Lipinski definition) is 0. The normalized spacial score (nSPS) is 17.3. The van der Waals surface area contributed by atoms with Crippen LogP contribution in [0.15, 0.2) is 29.2 Å². The Hall–Kier alpha value is -1.76. The first kappa shape index (κ1) is 20.6. The van der Waals surface area contributed by atoms with Crippen LogP contribution in [0.4, 0.5) is 9.18 Å². The highest BCUT2D eigenvalue weighted by Crippen LogP contribution is 2.23. The van der Waals surface area contributed by atoms with Gasteiger partial charge >= 0.3 is 6.09 Å². The van der Waals surface area contributed by atoms with Crippen LogP contribution in [-0.4, -0.2) is 59.3 Å². The third-order valence-electron chi connectivity index (χ3n) is 4.17. The summed E-state index contributed by atoms with van der Waals surface area (Å²) < 4.78 is 19.0. The number of carbonyl (C=O) groups excluding carboxylic acids is 2. The SMILES string of the molecule is CN(C(=O)CCSc1ccccc1F)[C@H]1CCN(C(=O)OC(C)(C)C)C1. The molecule has 0 N–H and O–H groups in total. The Morgan fingerprint density at radius 2 is 2.04 bits per heavy atom. The number of amides is 2. The number of likely N-dealkylation sites (tertiary alicyclic amines) is 1. The molecule has 2 rings (SSSR count). The molecule has 0 bridgehead atoms. The number of nitrogens with zero attached hydrogens (tertiary/aromatic N) is 2. The Morgan fingerprint density at radius 3 is 2.69 bits per heavy atom. The zero-order valence-electron chi connectivity index (χ0n) is 15.8. The Kier molecular flexibility index (Phi) is 6.92. The molecule has 1 aliphatic rings. The maximum atomic E-state index is 13.6. The summed E-state index contributed by atoms with van der Waals surface area (Å²) in [5.41, 5.74) is -0.527. The number of thioether (sulfide) groups is 1. The first-order valence-corrected chi connectivity index (χ1v) is 9.77. The number of benzene rings is 1. The molecule has 26 heavy (non-hydrogen) atoms. The van der Waals surface area contributed by atoms with Gasteiger partial charge < -0.3 is 14.5 Å². The molecule has 2 amide bonds. The highest BCUT2D eigenvalue weighted by Gasteiger charge is 2.33. The summed E-state index contributed by atoms with van der Waals surface area (Å²) in [5, 5.41) is 0. The predicted molar refractivity (Wildman–Crippen MR) is 101 cm³/mol. The van der Waals surface area contributed by atoms with Crippen molar-refractivity contribution in [3.63, 3.8) is 0 Å². The lowest BCUT2D eigenvalue weighted by Crippen LogP contribution is -2.41. The minimum atomic E-state index is -0.527. The quantitative estimate of drug-likeness (QED) is 0.728. The second kappa shape index (κ2) is 8.75. The Labute approximate surface area is 158 Å². The van der Waals surface area contributed by atoms with Crippen LogP contribution in [0.1, 0.15) is 33.6 Å². The Balaban J connectivity index is 1.78. The number of hydrogen-bond acceptors (Lipinski definition) is 4. The molecule has 0 aromatic heterocycles. The minimum Gasteiger partial charge on any atom is -0.444 e. The van der Waals surface area contributed by atoms with E-state index in [2.05, 4.69) is 0 Å². The van der Waals surface area contributed by atoms with Crippen LogP contribution in [0.25, 0.3) is 0 Å². The van der Waals surface area contributed by atoms with Crippen LogP contribution in [0.5, 0.6) is 0 Å². The van der Waals surface area contributed by atoms with E-state index in [1.54, 1.807) is 35.0 Å². The summed E-state index contributed by atoms with van der Waals surface area (Å²) in [4.78, 5) is 28.4. The van der Waals surface area contributed by atoms with Gasteiger partial charge in [0.2, 0.25) is 5.91 Å². The van der Waals surface area contributed by atoms with Gasteiger partial charge in [-0.1, -0.05) is 12.1 Å². The van der Waals surface area contributed by atoms with Crippen molar-refractivity contribution in [3.05, 3.63) is 30.1 Å². The van der Waals surface area contributed by atoms with Crippen molar-refractivity contribution in [2.45, 2.75) is 50.2 Å². The maximum Gasteiger partial charge on any atom is 0.410 e. The van der Waals surface area contributed by atoms with E-state index < -0.39 is 5.60 Å². The first-order valence-electron chi connectivity index (χ1n) is 8.78. The molecule has 0 saturated carbocycles. The second-order valence-corrected chi connectivity index (χ2v) is 8.54. The van der Waals surface area contributed by atoms with Gasteiger partial charge in [0.15, 0.2) is 0 Å². The van der Waals surface area contributed by atoms with E-state index in [-0.39, 0.29) is 23.9 Å². The summed E-state index contributed by atoms with van der Waals surface area (Å²) in [5.74, 6) is 0.263. The number of rotatable bonds is 5. The fourth-order valence-electron chi connectivity index (χ4n) is 2.74. The molecule has 1 fully saturated rings. The topological polar surface area (TPSA) is 49.9 Å². The molecule has 1 saturated heterocycles. The average molecular weight is 383 g/mol. The molecule has 0 radical (unpaired) electrons. The van der Waals surface area contributed by atoms with Gasteiger partial charge in [-0.05, 0) is 39.3 Å². The summed E-state index contributed by atoms with van der Waals surface area (Å²) in [6, 6.07) is 6.55. The maximum absolute atomic E-state index is 13.6.